The van der Waals surface area contributed by atoms with E-state index >= 15 is 0 Å². The Kier molecular flexibility index (Phi) is 6.69. The van der Waals surface area contributed by atoms with Crippen LogP contribution < -0.4 is 10.2 Å². The second-order valence-electron chi connectivity index (χ2n) is 12.3. The number of carbonyl (C=O) groups excluding carboxylic acids is 1. The summed E-state index contributed by atoms with van der Waals surface area (Å²) in [5.41, 5.74) is 0.166. The van der Waals surface area contributed by atoms with E-state index in [0.717, 1.165) is 75.2 Å². The average Bonchev–Trinajstić information content (AvgIpc) is 3.33. The molecule has 1 amide bonds. The van der Waals surface area contributed by atoms with Gasteiger partial charge in [-0.15, -0.1) is 11.8 Å². The van der Waals surface area contributed by atoms with Gasteiger partial charge in [-0.2, -0.15) is 0 Å². The number of nitrogens with zero attached hydrogens (tertiary/aromatic N) is 2. The van der Waals surface area contributed by atoms with Crippen molar-refractivity contribution in [1.82, 2.24) is 10.3 Å². The largest absolute Gasteiger partial charge is 0.481 e. The highest BCUT2D eigenvalue weighted by atomic mass is 32.2. The fraction of sp³-hybridized carbons (Fsp3) is 0.750. The molecule has 6 fully saturated rings. The molecule has 1 saturated heterocycles. The third-order valence-electron chi connectivity index (χ3n) is 9.52. The van der Waals surface area contributed by atoms with Crippen LogP contribution in [0.1, 0.15) is 87.4 Å². The number of carbonyl (C=O) groups is 2. The second kappa shape index (κ2) is 9.82. The molecule has 7 nitrogen and oxygen atoms in total. The maximum atomic E-state index is 13.7. The number of rotatable bonds is 7. The molecular formula is C28H39N3O4S. The molecular weight excluding hydrogens is 474 g/mol. The lowest BCUT2D eigenvalue weighted by atomic mass is 9.52. The summed E-state index contributed by atoms with van der Waals surface area (Å²) in [6.45, 7) is 1.57. The molecule has 36 heavy (non-hydrogen) atoms. The minimum absolute atomic E-state index is 0.0265. The minimum atomic E-state index is -0.740. The first kappa shape index (κ1) is 24.5. The maximum Gasteiger partial charge on any atom is 0.303 e. The van der Waals surface area contributed by atoms with Crippen molar-refractivity contribution in [3.63, 3.8) is 0 Å². The summed E-state index contributed by atoms with van der Waals surface area (Å²) in [6.07, 6.45) is 11.7. The highest BCUT2D eigenvalue weighted by molar-refractivity contribution is 7.99. The SMILES string of the molecule is O=C(O)CC1CCCN(c2ccc(C(=O)N[C@H]3C4CC5CC3C[C@@](O)(C5)C4)c(SC3CCCC3)n2)C1. The molecule has 1 aliphatic heterocycles. The van der Waals surface area contributed by atoms with Crippen LogP contribution in [0.5, 0.6) is 0 Å². The van der Waals surface area contributed by atoms with Crippen molar-refractivity contribution in [2.45, 2.75) is 99.0 Å². The predicted molar refractivity (Wildman–Crippen MR) is 139 cm³/mol. The molecule has 0 spiro atoms. The van der Waals surface area contributed by atoms with Crippen molar-refractivity contribution in [2.75, 3.05) is 18.0 Å². The fourth-order valence-electron chi connectivity index (χ4n) is 8.17. The van der Waals surface area contributed by atoms with Gasteiger partial charge in [0.25, 0.3) is 5.91 Å². The number of aliphatic hydroxyl groups is 1. The molecule has 6 aliphatic rings. The lowest BCUT2D eigenvalue weighted by molar-refractivity contribution is -0.138. The molecule has 3 N–H and O–H groups in total. The summed E-state index contributed by atoms with van der Waals surface area (Å²) >= 11 is 1.75. The molecule has 0 aromatic carbocycles. The monoisotopic (exact) mass is 513 g/mol. The average molecular weight is 514 g/mol. The van der Waals surface area contributed by atoms with Crippen LogP contribution >= 0.6 is 11.8 Å². The second-order valence-corrected chi connectivity index (χ2v) is 13.6. The first-order valence-electron chi connectivity index (χ1n) is 14.0. The number of hydrogen-bond acceptors (Lipinski definition) is 6. The number of thioether (sulfide) groups is 1. The standard InChI is InChI=1S/C28H39N3O4S/c32-24(33)12-17-4-3-9-31(16-17)23-8-7-22(27(29-23)36-21-5-1-2-6-21)26(34)30-25-19-10-18-11-20(25)15-28(35,13-18)14-19/h7-8,17-21,25,35H,1-6,9-16H2,(H,30,34)(H,32,33)/t17?,18?,19?,20?,25-,28+. The Bertz CT molecular complexity index is 997. The van der Waals surface area contributed by atoms with E-state index in [0.29, 0.717) is 35.1 Å². The van der Waals surface area contributed by atoms with E-state index in [2.05, 4.69) is 10.2 Å². The maximum absolute atomic E-state index is 13.7. The van der Waals surface area contributed by atoms with Gasteiger partial charge in [-0.05, 0) is 93.6 Å². The minimum Gasteiger partial charge on any atom is -0.481 e. The summed E-state index contributed by atoms with van der Waals surface area (Å²) in [5, 5.41) is 24.9. The van der Waals surface area contributed by atoms with Crippen LogP contribution in [-0.4, -0.2) is 57.1 Å². The van der Waals surface area contributed by atoms with Gasteiger partial charge in [0.1, 0.15) is 10.8 Å². The smallest absolute Gasteiger partial charge is 0.303 e. The van der Waals surface area contributed by atoms with E-state index in [1.807, 2.05) is 12.1 Å². The highest BCUT2D eigenvalue weighted by Gasteiger charge is 2.55. The van der Waals surface area contributed by atoms with Gasteiger partial charge in [-0.1, -0.05) is 12.8 Å². The predicted octanol–water partition coefficient (Wildman–Crippen LogP) is 4.48. The number of piperidine rings is 1. The number of carboxylic acids is 1. The van der Waals surface area contributed by atoms with Crippen LogP contribution in [-0.2, 0) is 4.79 Å². The van der Waals surface area contributed by atoms with Gasteiger partial charge in [0.05, 0.1) is 11.2 Å². The molecule has 3 atom stereocenters. The molecule has 3 unspecified atom stereocenters. The Balaban J connectivity index is 1.21. The van der Waals surface area contributed by atoms with E-state index in [-0.39, 0.29) is 24.3 Å². The van der Waals surface area contributed by atoms with Crippen LogP contribution in [0.25, 0.3) is 0 Å². The summed E-state index contributed by atoms with van der Waals surface area (Å²) < 4.78 is 0. The van der Waals surface area contributed by atoms with Gasteiger partial charge >= 0.3 is 5.97 Å². The van der Waals surface area contributed by atoms with Crippen LogP contribution in [0.15, 0.2) is 17.2 Å². The van der Waals surface area contributed by atoms with Crippen molar-refractivity contribution in [3.8, 4) is 0 Å². The lowest BCUT2D eigenvalue weighted by Crippen LogP contribution is -2.61. The van der Waals surface area contributed by atoms with E-state index in [1.165, 1.54) is 12.8 Å². The molecule has 0 radical (unpaired) electrons. The normalized spacial score (nSPS) is 35.8. The lowest BCUT2D eigenvalue weighted by Gasteiger charge is -2.58. The molecule has 1 aromatic heterocycles. The topological polar surface area (TPSA) is 103 Å². The van der Waals surface area contributed by atoms with Crippen molar-refractivity contribution in [2.24, 2.45) is 23.7 Å². The molecule has 5 saturated carbocycles. The van der Waals surface area contributed by atoms with E-state index in [4.69, 9.17) is 4.98 Å². The van der Waals surface area contributed by atoms with Crippen LogP contribution in [0.4, 0.5) is 5.82 Å². The summed E-state index contributed by atoms with van der Waals surface area (Å²) in [5.74, 6) is 1.60. The molecule has 7 rings (SSSR count). The highest BCUT2D eigenvalue weighted by Crippen LogP contribution is 2.55. The van der Waals surface area contributed by atoms with E-state index < -0.39 is 11.6 Å². The van der Waals surface area contributed by atoms with Crippen LogP contribution in [0, 0.1) is 23.7 Å². The number of nitrogens with one attached hydrogen (secondary N) is 1. The van der Waals surface area contributed by atoms with Gasteiger partial charge in [-0.25, -0.2) is 4.98 Å². The Labute approximate surface area is 217 Å². The molecule has 8 heteroatoms. The summed E-state index contributed by atoms with van der Waals surface area (Å²) in [6, 6.07) is 4.05. The molecule has 4 bridgehead atoms. The quantitative estimate of drug-likeness (QED) is 0.494. The molecule has 5 aliphatic carbocycles. The molecule has 1 aromatic rings. The number of pyridine rings is 1. The van der Waals surface area contributed by atoms with Gasteiger partial charge in [0, 0.05) is 30.8 Å². The number of hydrogen-bond donors (Lipinski definition) is 3. The summed E-state index contributed by atoms with van der Waals surface area (Å²) in [7, 11) is 0. The number of carboxylic acid groups (broad SMARTS) is 1. The Morgan fingerprint density at radius 2 is 1.83 bits per heavy atom. The van der Waals surface area contributed by atoms with Gasteiger partial charge in [-0.3, -0.25) is 9.59 Å². The Morgan fingerprint density at radius 1 is 1.08 bits per heavy atom. The number of anilines is 1. The van der Waals surface area contributed by atoms with Crippen molar-refractivity contribution in [3.05, 3.63) is 17.7 Å². The van der Waals surface area contributed by atoms with Crippen molar-refractivity contribution < 1.29 is 19.8 Å². The number of aromatic nitrogens is 1. The zero-order valence-corrected chi connectivity index (χ0v) is 21.8. The summed E-state index contributed by atoms with van der Waals surface area (Å²) in [4.78, 5) is 32.2. The van der Waals surface area contributed by atoms with Gasteiger partial charge in [0.2, 0.25) is 0 Å². The van der Waals surface area contributed by atoms with Crippen LogP contribution in [0.3, 0.4) is 0 Å². The first-order chi connectivity index (χ1) is 17.3. The first-order valence-corrected chi connectivity index (χ1v) is 14.9. The van der Waals surface area contributed by atoms with Crippen molar-refractivity contribution >= 4 is 29.5 Å². The van der Waals surface area contributed by atoms with E-state index in [1.54, 1.807) is 11.8 Å². The van der Waals surface area contributed by atoms with Crippen LogP contribution in [0.2, 0.25) is 0 Å². The Hall–Kier alpha value is -1.80. The van der Waals surface area contributed by atoms with E-state index in [9.17, 15) is 19.8 Å². The van der Waals surface area contributed by atoms with Crippen molar-refractivity contribution in [1.29, 1.82) is 0 Å². The number of aliphatic carboxylic acids is 1. The van der Waals surface area contributed by atoms with Gasteiger partial charge in [0.15, 0.2) is 0 Å². The fourth-order valence-corrected chi connectivity index (χ4v) is 9.49. The van der Waals surface area contributed by atoms with Gasteiger partial charge < -0.3 is 20.4 Å². The molecule has 196 valence electrons. The third kappa shape index (κ3) is 5.00. The zero-order chi connectivity index (χ0) is 24.9. The third-order valence-corrected chi connectivity index (χ3v) is 10.9. The number of amides is 1. The molecule has 2 heterocycles. The zero-order valence-electron chi connectivity index (χ0n) is 21.0. The Morgan fingerprint density at radius 3 is 2.53 bits per heavy atom.